The zero-order valence-electron chi connectivity index (χ0n) is 9.11. The number of methoxy groups -OCH3 is 1. The van der Waals surface area contributed by atoms with Gasteiger partial charge in [0.2, 0.25) is 0 Å². The van der Waals surface area contributed by atoms with Crippen molar-refractivity contribution < 1.29 is 14.6 Å². The minimum Gasteiger partial charge on any atom is -0.481 e. The minimum atomic E-state index is -0.827. The van der Waals surface area contributed by atoms with Crippen LogP contribution in [-0.4, -0.2) is 23.2 Å². The number of nitrogens with zero attached hydrogens (tertiary/aromatic N) is 1. The molecule has 0 saturated carbocycles. The van der Waals surface area contributed by atoms with Crippen LogP contribution in [0.25, 0.3) is 0 Å². The molecule has 84 valence electrons. The second-order valence-corrected chi connectivity index (χ2v) is 4.70. The molecule has 0 aliphatic carbocycles. The summed E-state index contributed by atoms with van der Waals surface area (Å²) in [4.78, 5) is 15.8. The van der Waals surface area contributed by atoms with Crippen molar-refractivity contribution >= 4 is 17.3 Å². The molecule has 0 fully saturated rings. The average Bonchev–Trinajstić information content (AvgIpc) is 2.48. The Morgan fingerprint density at radius 2 is 2.27 bits per heavy atom. The topological polar surface area (TPSA) is 59.4 Å². The molecule has 5 heteroatoms. The summed E-state index contributed by atoms with van der Waals surface area (Å²) >= 11 is 1.46. The van der Waals surface area contributed by atoms with E-state index in [1.165, 1.54) is 11.3 Å². The number of thiazole rings is 1. The highest BCUT2D eigenvalue weighted by Gasteiger charge is 2.15. The Balaban J connectivity index is 2.94. The van der Waals surface area contributed by atoms with Gasteiger partial charge in [0.1, 0.15) is 0 Å². The van der Waals surface area contributed by atoms with Crippen LogP contribution in [0, 0.1) is 0 Å². The summed E-state index contributed by atoms with van der Waals surface area (Å²) < 4.78 is 4.99. The van der Waals surface area contributed by atoms with Crippen molar-refractivity contribution in [3.05, 3.63) is 15.6 Å². The normalized spacial score (nSPS) is 10.9. The summed E-state index contributed by atoms with van der Waals surface area (Å²) in [6.45, 7) is 4.46. The van der Waals surface area contributed by atoms with Crippen LogP contribution in [0.4, 0.5) is 0 Å². The summed E-state index contributed by atoms with van der Waals surface area (Å²) in [6.07, 6.45) is 0.0308. The molecule has 1 heterocycles. The number of carboxylic acids is 1. The van der Waals surface area contributed by atoms with E-state index in [-0.39, 0.29) is 6.42 Å². The van der Waals surface area contributed by atoms with Crippen LogP contribution in [0.5, 0.6) is 0 Å². The van der Waals surface area contributed by atoms with E-state index < -0.39 is 5.97 Å². The Bertz CT molecular complexity index is 346. The highest BCUT2D eigenvalue weighted by atomic mass is 32.1. The van der Waals surface area contributed by atoms with Crippen LogP contribution >= 0.6 is 11.3 Å². The molecule has 0 aromatic carbocycles. The predicted molar refractivity (Wildman–Crippen MR) is 58.3 cm³/mol. The lowest BCUT2D eigenvalue weighted by atomic mass is 10.2. The van der Waals surface area contributed by atoms with Crippen LogP contribution in [0.3, 0.4) is 0 Å². The first-order chi connectivity index (χ1) is 7.04. The van der Waals surface area contributed by atoms with Gasteiger partial charge >= 0.3 is 5.97 Å². The average molecular weight is 229 g/mol. The lowest BCUT2D eigenvalue weighted by Crippen LogP contribution is -2.01. The van der Waals surface area contributed by atoms with Crippen molar-refractivity contribution in [3.8, 4) is 0 Å². The summed E-state index contributed by atoms with van der Waals surface area (Å²) in [5, 5.41) is 9.72. The maximum Gasteiger partial charge on any atom is 0.308 e. The number of rotatable bonds is 5. The second-order valence-electron chi connectivity index (χ2n) is 3.58. The minimum absolute atomic E-state index is 0.0308. The van der Waals surface area contributed by atoms with Gasteiger partial charge in [0, 0.05) is 17.9 Å². The Labute approximate surface area is 92.9 Å². The highest BCUT2D eigenvalue weighted by molar-refractivity contribution is 7.11. The number of carbonyl (C=O) groups is 1. The number of aromatic nitrogens is 1. The van der Waals surface area contributed by atoms with E-state index in [1.807, 2.05) is 13.8 Å². The zero-order chi connectivity index (χ0) is 11.4. The summed E-state index contributed by atoms with van der Waals surface area (Å²) in [7, 11) is 1.58. The second kappa shape index (κ2) is 5.23. The standard InChI is InChI=1S/C10H15NO3S/c1-6(2)10-11-7(5-14-3)8(15-10)4-9(12)13/h6H,4-5H2,1-3H3,(H,12,13). The molecule has 1 N–H and O–H groups in total. The number of hydrogen-bond acceptors (Lipinski definition) is 4. The third kappa shape index (κ3) is 3.28. The van der Waals surface area contributed by atoms with Gasteiger partial charge in [-0.3, -0.25) is 4.79 Å². The third-order valence-electron chi connectivity index (χ3n) is 1.88. The molecule has 0 aliphatic heterocycles. The Morgan fingerprint density at radius 3 is 2.73 bits per heavy atom. The van der Waals surface area contributed by atoms with Crippen LogP contribution in [0.1, 0.15) is 35.3 Å². The molecule has 4 nitrogen and oxygen atoms in total. The molecule has 0 bridgehead atoms. The van der Waals surface area contributed by atoms with Gasteiger partial charge in [0.15, 0.2) is 0 Å². The van der Waals surface area contributed by atoms with Gasteiger partial charge in [-0.1, -0.05) is 13.8 Å². The van der Waals surface area contributed by atoms with Crippen LogP contribution in [0.15, 0.2) is 0 Å². The monoisotopic (exact) mass is 229 g/mol. The van der Waals surface area contributed by atoms with Crippen molar-refractivity contribution in [3.63, 3.8) is 0 Å². The maximum atomic E-state index is 10.6. The molecule has 0 amide bonds. The largest absolute Gasteiger partial charge is 0.481 e. The molecule has 1 aromatic rings. The van der Waals surface area contributed by atoms with E-state index in [1.54, 1.807) is 7.11 Å². The van der Waals surface area contributed by atoms with Gasteiger partial charge in [-0.05, 0) is 0 Å². The van der Waals surface area contributed by atoms with E-state index in [0.717, 1.165) is 15.6 Å². The van der Waals surface area contributed by atoms with Crippen molar-refractivity contribution in [2.24, 2.45) is 0 Å². The number of carboxylic acid groups (broad SMARTS) is 1. The summed E-state index contributed by atoms with van der Waals surface area (Å²) in [5.74, 6) is -0.500. The first-order valence-corrected chi connectivity index (χ1v) is 5.55. The summed E-state index contributed by atoms with van der Waals surface area (Å²) in [5.41, 5.74) is 0.758. The van der Waals surface area contributed by atoms with Crippen LogP contribution < -0.4 is 0 Å². The maximum absolute atomic E-state index is 10.6. The van der Waals surface area contributed by atoms with Crippen LogP contribution in [-0.2, 0) is 22.6 Å². The number of ether oxygens (including phenoxy) is 1. The quantitative estimate of drug-likeness (QED) is 0.839. The highest BCUT2D eigenvalue weighted by Crippen LogP contribution is 2.25. The van der Waals surface area contributed by atoms with Crippen LogP contribution in [0.2, 0.25) is 0 Å². The zero-order valence-corrected chi connectivity index (χ0v) is 9.93. The van der Waals surface area contributed by atoms with Gasteiger partial charge in [-0.25, -0.2) is 4.98 Å². The molecule has 1 aromatic heterocycles. The van der Waals surface area contributed by atoms with Crippen molar-refractivity contribution in [1.82, 2.24) is 4.98 Å². The Morgan fingerprint density at radius 1 is 1.60 bits per heavy atom. The van der Waals surface area contributed by atoms with Gasteiger partial charge in [-0.2, -0.15) is 0 Å². The molecule has 0 aliphatic rings. The Kier molecular flexibility index (Phi) is 4.23. The smallest absolute Gasteiger partial charge is 0.308 e. The first-order valence-electron chi connectivity index (χ1n) is 4.73. The number of aliphatic carboxylic acids is 1. The number of hydrogen-bond donors (Lipinski definition) is 1. The van der Waals surface area contributed by atoms with E-state index in [9.17, 15) is 4.79 Å². The van der Waals surface area contributed by atoms with E-state index in [4.69, 9.17) is 9.84 Å². The van der Waals surface area contributed by atoms with Crippen molar-refractivity contribution in [2.75, 3.05) is 7.11 Å². The molecule has 0 radical (unpaired) electrons. The lowest BCUT2D eigenvalue weighted by molar-refractivity contribution is -0.136. The molecular weight excluding hydrogens is 214 g/mol. The fourth-order valence-electron chi connectivity index (χ4n) is 1.18. The van der Waals surface area contributed by atoms with Gasteiger partial charge in [0.25, 0.3) is 0 Å². The molecular formula is C10H15NO3S. The third-order valence-corrected chi connectivity index (χ3v) is 3.28. The van der Waals surface area contributed by atoms with E-state index in [2.05, 4.69) is 4.98 Å². The fraction of sp³-hybridized carbons (Fsp3) is 0.600. The van der Waals surface area contributed by atoms with E-state index >= 15 is 0 Å². The first kappa shape index (κ1) is 12.1. The molecule has 1 rings (SSSR count). The van der Waals surface area contributed by atoms with Crippen molar-refractivity contribution in [1.29, 1.82) is 0 Å². The molecule has 15 heavy (non-hydrogen) atoms. The SMILES string of the molecule is COCc1nc(C(C)C)sc1CC(=O)O. The Hall–Kier alpha value is -0.940. The molecule has 0 spiro atoms. The fourth-order valence-corrected chi connectivity index (χ4v) is 2.24. The van der Waals surface area contributed by atoms with E-state index in [0.29, 0.717) is 12.5 Å². The van der Waals surface area contributed by atoms with Gasteiger partial charge in [0.05, 0.1) is 23.7 Å². The summed E-state index contributed by atoms with van der Waals surface area (Å²) in [6, 6.07) is 0. The molecule has 0 saturated heterocycles. The molecule has 0 unspecified atom stereocenters. The van der Waals surface area contributed by atoms with Gasteiger partial charge in [-0.15, -0.1) is 11.3 Å². The molecule has 0 atom stereocenters. The van der Waals surface area contributed by atoms with Gasteiger partial charge < -0.3 is 9.84 Å². The van der Waals surface area contributed by atoms with Crippen molar-refractivity contribution in [2.45, 2.75) is 32.8 Å². The predicted octanol–water partition coefficient (Wildman–Crippen LogP) is 2.04. The lowest BCUT2D eigenvalue weighted by Gasteiger charge is -1.97.